The van der Waals surface area contributed by atoms with Crippen LogP contribution in [0.3, 0.4) is 0 Å². The molecule has 0 fully saturated rings. The summed E-state index contributed by atoms with van der Waals surface area (Å²) in [6.45, 7) is 0. The maximum absolute atomic E-state index is 13.3. The Morgan fingerprint density at radius 3 is 2.30 bits per heavy atom. The summed E-state index contributed by atoms with van der Waals surface area (Å²) in [5, 5.41) is 8.22. The number of aromatic nitrogens is 4. The van der Waals surface area contributed by atoms with Gasteiger partial charge in [-0.05, 0) is 23.6 Å². The van der Waals surface area contributed by atoms with Crippen molar-refractivity contribution in [2.45, 2.75) is 0 Å². The van der Waals surface area contributed by atoms with E-state index >= 15 is 0 Å². The van der Waals surface area contributed by atoms with Crippen LogP contribution < -0.4 is 16.7 Å². The molecule has 0 aliphatic heterocycles. The summed E-state index contributed by atoms with van der Waals surface area (Å²) in [6.07, 6.45) is 0. The number of hydrogen-bond acceptors (Lipinski definition) is 4. The first-order chi connectivity index (χ1) is 13.1. The van der Waals surface area contributed by atoms with Gasteiger partial charge in [0.15, 0.2) is 0 Å². The van der Waals surface area contributed by atoms with E-state index in [0.29, 0.717) is 22.1 Å². The summed E-state index contributed by atoms with van der Waals surface area (Å²) in [6, 6.07) is 14.6. The first-order valence-electron chi connectivity index (χ1n) is 8.38. The van der Waals surface area contributed by atoms with Gasteiger partial charge in [0, 0.05) is 16.2 Å². The van der Waals surface area contributed by atoms with Gasteiger partial charge in [0.1, 0.15) is 5.65 Å². The van der Waals surface area contributed by atoms with Crippen molar-refractivity contribution in [3.63, 3.8) is 0 Å². The average Bonchev–Trinajstić information content (AvgIpc) is 3.08. The van der Waals surface area contributed by atoms with Crippen LogP contribution in [-0.4, -0.2) is 19.6 Å². The molecule has 0 unspecified atom stereocenters. The molecular formula is C20H10N4O3. The molecule has 3 aromatic heterocycles. The normalized spacial score (nSPS) is 12.1. The van der Waals surface area contributed by atoms with Crippen molar-refractivity contribution in [2.75, 3.05) is 0 Å². The van der Waals surface area contributed by atoms with E-state index in [4.69, 9.17) is 0 Å². The Hall–Kier alpha value is -4.00. The van der Waals surface area contributed by atoms with Gasteiger partial charge in [-0.25, -0.2) is 4.98 Å². The van der Waals surface area contributed by atoms with E-state index in [9.17, 15) is 14.4 Å². The van der Waals surface area contributed by atoms with E-state index in [2.05, 4.69) is 15.2 Å². The Balaban J connectivity index is 2.08. The van der Waals surface area contributed by atoms with Gasteiger partial charge in [-0.3, -0.25) is 29.0 Å². The minimum absolute atomic E-state index is 0.162. The Bertz CT molecular complexity index is 1740. The largest absolute Gasteiger partial charge is 0.272 e. The van der Waals surface area contributed by atoms with Crippen molar-refractivity contribution in [1.82, 2.24) is 19.6 Å². The molecule has 0 amide bonds. The summed E-state index contributed by atoms with van der Waals surface area (Å²) >= 11 is 0. The van der Waals surface area contributed by atoms with Crippen molar-refractivity contribution in [2.24, 2.45) is 0 Å². The van der Waals surface area contributed by atoms with Crippen molar-refractivity contribution in [3.8, 4) is 0 Å². The zero-order chi connectivity index (χ0) is 18.3. The first kappa shape index (κ1) is 14.2. The van der Waals surface area contributed by atoms with Crippen molar-refractivity contribution in [1.29, 1.82) is 0 Å². The number of benzene rings is 3. The maximum atomic E-state index is 13.3. The lowest BCUT2D eigenvalue weighted by atomic mass is 10.0. The van der Waals surface area contributed by atoms with Gasteiger partial charge in [0.2, 0.25) is 0 Å². The molecule has 128 valence electrons. The highest BCUT2D eigenvalue weighted by molar-refractivity contribution is 6.16. The SMILES string of the molecule is O=c1[nH][nH]c(=O)c2c1ccc1nc3c4cccc5cccc(c(=O)n3c12)c54. The Morgan fingerprint density at radius 2 is 1.48 bits per heavy atom. The quantitative estimate of drug-likeness (QED) is 0.436. The summed E-state index contributed by atoms with van der Waals surface area (Å²) < 4.78 is 1.45. The van der Waals surface area contributed by atoms with Crippen LogP contribution in [0.2, 0.25) is 0 Å². The molecule has 0 saturated heterocycles. The number of H-pyrrole nitrogens is 2. The van der Waals surface area contributed by atoms with Crippen LogP contribution in [0.4, 0.5) is 0 Å². The highest BCUT2D eigenvalue weighted by Crippen LogP contribution is 2.30. The average molecular weight is 354 g/mol. The molecule has 0 atom stereocenters. The molecule has 0 bridgehead atoms. The highest BCUT2D eigenvalue weighted by atomic mass is 16.1. The first-order valence-corrected chi connectivity index (χ1v) is 8.38. The molecule has 2 N–H and O–H groups in total. The van der Waals surface area contributed by atoms with Gasteiger partial charge in [-0.2, -0.15) is 0 Å². The molecule has 3 aromatic carbocycles. The minimum Gasteiger partial charge on any atom is -0.268 e. The van der Waals surface area contributed by atoms with Crippen LogP contribution >= 0.6 is 0 Å². The van der Waals surface area contributed by atoms with E-state index in [-0.39, 0.29) is 16.3 Å². The van der Waals surface area contributed by atoms with Crippen LogP contribution in [0.1, 0.15) is 0 Å². The van der Waals surface area contributed by atoms with E-state index in [1.54, 1.807) is 18.2 Å². The molecule has 0 saturated carbocycles. The number of nitrogens with one attached hydrogen (secondary N) is 2. The lowest BCUT2D eigenvalue weighted by Gasteiger charge is -2.07. The summed E-state index contributed by atoms with van der Waals surface area (Å²) in [5.41, 5.74) is 0.171. The molecule has 0 aliphatic rings. The topological polar surface area (TPSA) is 100 Å². The van der Waals surface area contributed by atoms with Gasteiger partial charge in [0.25, 0.3) is 16.7 Å². The van der Waals surface area contributed by atoms with E-state index in [1.807, 2.05) is 30.3 Å². The van der Waals surface area contributed by atoms with Crippen LogP contribution in [0.15, 0.2) is 62.9 Å². The number of fused-ring (bicyclic) bond motifs is 6. The third kappa shape index (κ3) is 1.61. The fourth-order valence-corrected chi connectivity index (χ4v) is 4.03. The van der Waals surface area contributed by atoms with Gasteiger partial charge in [-0.15, -0.1) is 0 Å². The van der Waals surface area contributed by atoms with Crippen molar-refractivity contribution < 1.29 is 0 Å². The summed E-state index contributed by atoms with van der Waals surface area (Å²) in [5.74, 6) is 0. The van der Waals surface area contributed by atoms with Gasteiger partial charge in [-0.1, -0.05) is 30.3 Å². The lowest BCUT2D eigenvalue weighted by molar-refractivity contribution is 0.977. The number of hydrogen-bond donors (Lipinski definition) is 2. The molecule has 0 radical (unpaired) electrons. The van der Waals surface area contributed by atoms with Gasteiger partial charge in [0.05, 0.1) is 21.8 Å². The molecule has 7 nitrogen and oxygen atoms in total. The summed E-state index contributed by atoms with van der Waals surface area (Å²) in [7, 11) is 0. The van der Waals surface area contributed by atoms with Crippen LogP contribution in [-0.2, 0) is 0 Å². The van der Waals surface area contributed by atoms with Crippen LogP contribution in [0, 0.1) is 0 Å². The number of nitrogens with zero attached hydrogens (tertiary/aromatic N) is 2. The lowest BCUT2D eigenvalue weighted by Crippen LogP contribution is -2.20. The summed E-state index contributed by atoms with van der Waals surface area (Å²) in [4.78, 5) is 42.6. The molecule has 0 spiro atoms. The molecule has 6 rings (SSSR count). The third-order valence-electron chi connectivity index (χ3n) is 5.16. The second-order valence-corrected chi connectivity index (χ2v) is 6.55. The van der Waals surface area contributed by atoms with Gasteiger partial charge < -0.3 is 0 Å². The molecule has 7 heteroatoms. The van der Waals surface area contributed by atoms with Crippen LogP contribution in [0.25, 0.3) is 49.0 Å². The number of aromatic amines is 2. The third-order valence-corrected chi connectivity index (χ3v) is 5.16. The molecule has 27 heavy (non-hydrogen) atoms. The number of rotatable bonds is 0. The van der Waals surface area contributed by atoms with E-state index in [1.165, 1.54) is 4.40 Å². The monoisotopic (exact) mass is 354 g/mol. The fourth-order valence-electron chi connectivity index (χ4n) is 4.03. The highest BCUT2D eigenvalue weighted by Gasteiger charge is 2.19. The minimum atomic E-state index is -0.470. The van der Waals surface area contributed by atoms with E-state index < -0.39 is 11.1 Å². The standard InChI is InChI=1S/C20H10N4O3/c25-18-11-7-8-13-16(15(11)19(26)23-22-18)24-17(21-13)10-5-1-3-9-4-2-6-12(14(9)10)20(24)27/h1-8H,(H,22,25)(H,23,26). The predicted octanol–water partition coefficient (Wildman–Crippen LogP) is 2.12. The smallest absolute Gasteiger partial charge is 0.268 e. The van der Waals surface area contributed by atoms with Crippen LogP contribution in [0.5, 0.6) is 0 Å². The number of imidazole rings is 1. The molecule has 3 heterocycles. The maximum Gasteiger partial charge on any atom is 0.272 e. The van der Waals surface area contributed by atoms with Gasteiger partial charge >= 0.3 is 0 Å². The Morgan fingerprint density at radius 1 is 0.741 bits per heavy atom. The van der Waals surface area contributed by atoms with Crippen molar-refractivity contribution in [3.05, 3.63) is 79.6 Å². The van der Waals surface area contributed by atoms with E-state index in [0.717, 1.165) is 16.2 Å². The Labute approximate surface area is 148 Å². The zero-order valence-corrected chi connectivity index (χ0v) is 13.7. The Kier molecular flexibility index (Phi) is 2.41. The number of pyridine rings is 1. The second-order valence-electron chi connectivity index (χ2n) is 6.55. The zero-order valence-electron chi connectivity index (χ0n) is 13.7. The predicted molar refractivity (Wildman–Crippen MR) is 104 cm³/mol. The molecule has 0 aliphatic carbocycles. The van der Waals surface area contributed by atoms with Crippen molar-refractivity contribution >= 4 is 49.0 Å². The fraction of sp³-hybridized carbons (Fsp3) is 0. The molecular weight excluding hydrogens is 344 g/mol. The second kappa shape index (κ2) is 4.59. The molecule has 6 aromatic rings.